The van der Waals surface area contributed by atoms with E-state index in [0.29, 0.717) is 0 Å². The van der Waals surface area contributed by atoms with Crippen LogP contribution in [0.2, 0.25) is 0 Å². The van der Waals surface area contributed by atoms with Crippen LogP contribution in [0.25, 0.3) is 0 Å². The Morgan fingerprint density at radius 3 is 1.20 bits per heavy atom. The van der Waals surface area contributed by atoms with Gasteiger partial charge in [-0.15, -0.1) is 35.6 Å². The van der Waals surface area contributed by atoms with Gasteiger partial charge in [-0.1, -0.05) is 0 Å². The minimum atomic E-state index is 0. The second kappa shape index (κ2) is 18.2. The normalized spacial score (nSPS) is 3.60. The summed E-state index contributed by atoms with van der Waals surface area (Å²) < 4.78 is 0. The third kappa shape index (κ3) is 32.1. The maximum absolute atomic E-state index is 4.76. The Morgan fingerprint density at radius 1 is 1.20 bits per heavy atom. The van der Waals surface area contributed by atoms with Crippen LogP contribution in [0.15, 0.2) is 0 Å². The van der Waals surface area contributed by atoms with Crippen LogP contribution in [0.1, 0.15) is 0 Å². The second-order valence-corrected chi connectivity index (χ2v) is 0.909. The van der Waals surface area contributed by atoms with Gasteiger partial charge in [-0.2, -0.15) is 0 Å². The van der Waals surface area contributed by atoms with Crippen molar-refractivity contribution in [2.24, 2.45) is 0 Å². The van der Waals surface area contributed by atoms with E-state index in [0.717, 1.165) is 0 Å². The first-order chi connectivity index (χ1) is 1.41. The van der Waals surface area contributed by atoms with Gasteiger partial charge in [0.15, 0.2) is 0 Å². The summed E-state index contributed by atoms with van der Waals surface area (Å²) in [5, 5.41) is 0.194. The fourth-order valence-corrected chi connectivity index (χ4v) is 0. The molecule has 0 bridgehead atoms. The number of hydrogen-bond donors (Lipinski definition) is 0. The van der Waals surface area contributed by atoms with Gasteiger partial charge in [0.2, 0.25) is 0 Å². The van der Waals surface area contributed by atoms with Crippen LogP contribution in [0.4, 0.5) is 0 Å². The summed E-state index contributed by atoms with van der Waals surface area (Å²) >= 11 is 9.53. The molecule has 0 saturated carbocycles. The number of hydrogen-bond acceptors (Lipinski definition) is 0. The summed E-state index contributed by atoms with van der Waals surface area (Å²) in [7, 11) is 0. The van der Waals surface area contributed by atoms with Crippen molar-refractivity contribution in [3.8, 4) is 0 Å². The van der Waals surface area contributed by atoms with Gasteiger partial charge in [0, 0.05) is 17.1 Å². The maximum Gasteiger partial charge on any atom is 0.0967 e. The van der Waals surface area contributed by atoms with E-state index in [1.807, 2.05) is 0 Å². The Labute approximate surface area is 58.1 Å². The molecule has 0 aliphatic carbocycles. The summed E-state index contributed by atoms with van der Waals surface area (Å²) in [4.78, 5) is 0. The topological polar surface area (TPSA) is 0 Å². The van der Waals surface area contributed by atoms with E-state index in [4.69, 9.17) is 23.2 Å². The van der Waals surface area contributed by atoms with E-state index in [-0.39, 0.29) is 34.8 Å². The van der Waals surface area contributed by atoms with Crippen molar-refractivity contribution in [2.75, 3.05) is 5.34 Å². The minimum absolute atomic E-state index is 0. The summed E-state index contributed by atoms with van der Waals surface area (Å²) in [6.07, 6.45) is 0. The SMILES string of the molecule is Cl.ClCCl.[Fe]. The second-order valence-electron chi connectivity index (χ2n) is 0.101. The van der Waals surface area contributed by atoms with Crippen molar-refractivity contribution in [3.63, 3.8) is 0 Å². The quantitative estimate of drug-likeness (QED) is 0.391. The Morgan fingerprint density at radius 2 is 1.20 bits per heavy atom. The fourth-order valence-electron chi connectivity index (χ4n) is 0. The summed E-state index contributed by atoms with van der Waals surface area (Å²) in [6, 6.07) is 0. The molecule has 0 atom stereocenters. The van der Waals surface area contributed by atoms with Crippen molar-refractivity contribution >= 4 is 35.6 Å². The van der Waals surface area contributed by atoms with Gasteiger partial charge in [0.1, 0.15) is 0 Å². The third-order valence-corrected chi connectivity index (χ3v) is 0. The molecule has 0 aromatic heterocycles. The molecular weight excluding hydrogens is 174 g/mol. The molecule has 0 spiro atoms. The minimum Gasteiger partial charge on any atom is -0.147 e. The zero-order valence-corrected chi connectivity index (χ0v) is 5.66. The van der Waals surface area contributed by atoms with Gasteiger partial charge in [0.25, 0.3) is 0 Å². The molecule has 0 aromatic rings. The molecule has 0 radical (unpaired) electrons. The molecule has 36 valence electrons. The summed E-state index contributed by atoms with van der Waals surface area (Å²) in [5.74, 6) is 0. The first kappa shape index (κ1) is 16.2. The van der Waals surface area contributed by atoms with Crippen LogP contribution in [0, 0.1) is 0 Å². The summed E-state index contributed by atoms with van der Waals surface area (Å²) in [6.45, 7) is 0. The zero-order valence-electron chi connectivity index (χ0n) is 2.22. The van der Waals surface area contributed by atoms with Gasteiger partial charge in [0.05, 0.1) is 5.34 Å². The molecule has 0 N–H and O–H groups in total. The molecular formula is CH3Cl3Fe. The first-order valence-corrected chi connectivity index (χ1v) is 1.60. The average molecular weight is 177 g/mol. The van der Waals surface area contributed by atoms with E-state index >= 15 is 0 Å². The van der Waals surface area contributed by atoms with Crippen LogP contribution in [0.3, 0.4) is 0 Å². The molecule has 0 fully saturated rings. The van der Waals surface area contributed by atoms with Gasteiger partial charge in [-0.3, -0.25) is 0 Å². The van der Waals surface area contributed by atoms with E-state index in [9.17, 15) is 0 Å². The molecule has 0 aliphatic rings. The van der Waals surface area contributed by atoms with Crippen molar-refractivity contribution in [1.29, 1.82) is 0 Å². The maximum atomic E-state index is 4.76. The Balaban J connectivity index is -0.0000000200. The van der Waals surface area contributed by atoms with Gasteiger partial charge >= 0.3 is 0 Å². The van der Waals surface area contributed by atoms with Crippen LogP contribution in [-0.2, 0) is 17.1 Å². The van der Waals surface area contributed by atoms with Gasteiger partial charge < -0.3 is 0 Å². The van der Waals surface area contributed by atoms with Crippen LogP contribution < -0.4 is 0 Å². The van der Waals surface area contributed by atoms with Crippen molar-refractivity contribution in [1.82, 2.24) is 0 Å². The number of rotatable bonds is 0. The Bertz CT molecular complexity index is 6.85. The van der Waals surface area contributed by atoms with Crippen molar-refractivity contribution in [3.05, 3.63) is 0 Å². The molecule has 0 aromatic carbocycles. The molecule has 0 aliphatic heterocycles. The Kier molecular flexibility index (Phi) is 58.8. The van der Waals surface area contributed by atoms with E-state index in [2.05, 4.69) is 0 Å². The molecule has 5 heavy (non-hydrogen) atoms. The van der Waals surface area contributed by atoms with Crippen LogP contribution in [0.5, 0.6) is 0 Å². The summed E-state index contributed by atoms with van der Waals surface area (Å²) in [5.41, 5.74) is 0. The first-order valence-electron chi connectivity index (χ1n) is 0.535. The smallest absolute Gasteiger partial charge is 0.0967 e. The number of alkyl halides is 2. The van der Waals surface area contributed by atoms with E-state index in [1.54, 1.807) is 0 Å². The van der Waals surface area contributed by atoms with Crippen molar-refractivity contribution in [2.45, 2.75) is 0 Å². The fraction of sp³-hybridized carbons (Fsp3) is 1.00. The standard InChI is InChI=1S/CH2Cl2.ClH.Fe/c2-1-3;;/h1H2;1H;. The van der Waals surface area contributed by atoms with E-state index < -0.39 is 0 Å². The van der Waals surface area contributed by atoms with Gasteiger partial charge in [-0.25, -0.2) is 0 Å². The van der Waals surface area contributed by atoms with E-state index in [1.165, 1.54) is 0 Å². The number of halogens is 3. The molecule has 0 amide bonds. The molecule has 4 heteroatoms. The molecule has 0 unspecified atom stereocenters. The van der Waals surface area contributed by atoms with Gasteiger partial charge in [-0.05, 0) is 0 Å². The van der Waals surface area contributed by atoms with Crippen LogP contribution >= 0.6 is 35.6 Å². The van der Waals surface area contributed by atoms with Crippen LogP contribution in [-0.4, -0.2) is 5.34 Å². The zero-order chi connectivity index (χ0) is 2.71. The average Bonchev–Trinajstić information content (AvgIpc) is 0.918. The third-order valence-electron chi connectivity index (χ3n) is 0. The molecule has 0 nitrogen and oxygen atoms in total. The molecule has 0 rings (SSSR count). The predicted octanol–water partition coefficient (Wildman–Crippen LogP) is 1.84. The molecule has 0 heterocycles. The largest absolute Gasteiger partial charge is 0.147 e. The monoisotopic (exact) mass is 176 g/mol. The Hall–Kier alpha value is 1.39. The molecule has 0 saturated heterocycles. The predicted molar refractivity (Wildman–Crippen MR) is 23.8 cm³/mol. The van der Waals surface area contributed by atoms with Crippen molar-refractivity contribution < 1.29 is 17.1 Å².